The number of rotatable bonds is 11. The molecule has 0 unspecified atom stereocenters. The molecule has 0 aliphatic heterocycles. The van der Waals surface area contributed by atoms with E-state index in [1.165, 1.54) is 17.7 Å². The van der Waals surface area contributed by atoms with Crippen molar-refractivity contribution < 1.29 is 4.79 Å². The fourth-order valence-corrected chi connectivity index (χ4v) is 3.41. The van der Waals surface area contributed by atoms with E-state index in [0.717, 1.165) is 54.6 Å². The van der Waals surface area contributed by atoms with Gasteiger partial charge in [-0.2, -0.15) is 0 Å². The third-order valence-corrected chi connectivity index (χ3v) is 5.27. The Hall–Kier alpha value is -2.67. The van der Waals surface area contributed by atoms with Crippen LogP contribution in [0.5, 0.6) is 0 Å². The zero-order valence-corrected chi connectivity index (χ0v) is 17.9. The zero-order chi connectivity index (χ0) is 21.4. The van der Waals surface area contributed by atoms with Gasteiger partial charge in [-0.05, 0) is 44.8 Å². The predicted molar refractivity (Wildman–Crippen MR) is 117 cm³/mol. The van der Waals surface area contributed by atoms with Gasteiger partial charge in [0.15, 0.2) is 5.78 Å². The summed E-state index contributed by atoms with van der Waals surface area (Å²) >= 11 is 0. The van der Waals surface area contributed by atoms with Crippen molar-refractivity contribution in [2.45, 2.75) is 33.1 Å². The topological polar surface area (TPSA) is 76.3 Å². The van der Waals surface area contributed by atoms with Crippen LogP contribution in [-0.4, -0.2) is 46.0 Å². The molecule has 7 heteroatoms. The summed E-state index contributed by atoms with van der Waals surface area (Å²) in [4.78, 5) is 37.8. The van der Waals surface area contributed by atoms with Crippen molar-refractivity contribution in [2.75, 3.05) is 31.5 Å². The van der Waals surface area contributed by atoms with Crippen LogP contribution in [0.3, 0.4) is 0 Å². The Bertz CT molecular complexity index is 946. The number of nitrogens with zero attached hydrogens (tertiary/aromatic N) is 3. The number of carbonyl (C=O) groups is 1. The lowest BCUT2D eigenvalue weighted by atomic mass is 9.99. The first-order chi connectivity index (χ1) is 13.8. The van der Waals surface area contributed by atoms with Crippen LogP contribution in [0.15, 0.2) is 39.9 Å². The number of Topliss-reactive ketones (excluding diaryl/α,β-unsaturated/α-hetero) is 1. The third-order valence-electron chi connectivity index (χ3n) is 5.27. The molecule has 2 rings (SSSR count). The van der Waals surface area contributed by atoms with E-state index in [4.69, 9.17) is 0 Å². The summed E-state index contributed by atoms with van der Waals surface area (Å²) in [5.74, 6) is 0.655. The maximum Gasteiger partial charge on any atom is 0.332 e. The standard InChI is InChI=1S/C22H32N4O3/c1-5-26(14-9-8-11-18-10-6-7-12-19(18)17(2)27)15-13-23-20-16-21(28)25(4)22(29)24(20)3/h6-7,10,12,16,23H,5,8-9,11,13-15H2,1-4H3. The average Bonchev–Trinajstić information content (AvgIpc) is 2.71. The van der Waals surface area contributed by atoms with Crippen LogP contribution in [0, 0.1) is 0 Å². The van der Waals surface area contributed by atoms with Gasteiger partial charge < -0.3 is 10.2 Å². The number of ketones is 1. The number of unbranched alkanes of at least 4 members (excludes halogenated alkanes) is 1. The van der Waals surface area contributed by atoms with Gasteiger partial charge in [0.05, 0.1) is 0 Å². The number of hydrogen-bond donors (Lipinski definition) is 1. The molecule has 0 spiro atoms. The van der Waals surface area contributed by atoms with Crippen molar-refractivity contribution in [1.29, 1.82) is 0 Å². The van der Waals surface area contributed by atoms with Gasteiger partial charge in [-0.15, -0.1) is 0 Å². The Kier molecular flexibility index (Phi) is 8.39. The number of anilines is 1. The Labute approximate surface area is 172 Å². The van der Waals surface area contributed by atoms with Gasteiger partial charge in [0, 0.05) is 38.8 Å². The van der Waals surface area contributed by atoms with Gasteiger partial charge in [0.25, 0.3) is 5.56 Å². The molecule has 0 amide bonds. The predicted octanol–water partition coefficient (Wildman–Crippen LogP) is 2.04. The highest BCUT2D eigenvalue weighted by Gasteiger charge is 2.08. The summed E-state index contributed by atoms with van der Waals surface area (Å²) in [6.45, 7) is 7.12. The van der Waals surface area contributed by atoms with E-state index in [1.807, 2.05) is 24.3 Å². The molecule has 1 aromatic carbocycles. The van der Waals surface area contributed by atoms with E-state index in [1.54, 1.807) is 14.0 Å². The van der Waals surface area contributed by atoms with Crippen molar-refractivity contribution in [2.24, 2.45) is 14.1 Å². The van der Waals surface area contributed by atoms with Crippen LogP contribution in [0.1, 0.15) is 42.6 Å². The zero-order valence-electron chi connectivity index (χ0n) is 17.9. The van der Waals surface area contributed by atoms with Crippen LogP contribution in [0.2, 0.25) is 0 Å². The van der Waals surface area contributed by atoms with Crippen LogP contribution in [0.25, 0.3) is 0 Å². The molecule has 158 valence electrons. The highest BCUT2D eigenvalue weighted by molar-refractivity contribution is 5.95. The molecular formula is C22H32N4O3. The Balaban J connectivity index is 1.80. The SMILES string of the molecule is CCN(CCCCc1ccccc1C(C)=O)CCNc1cc(=O)n(C)c(=O)n1C. The molecule has 1 heterocycles. The minimum atomic E-state index is -0.335. The lowest BCUT2D eigenvalue weighted by Crippen LogP contribution is -2.38. The lowest BCUT2D eigenvalue weighted by Gasteiger charge is -2.21. The molecule has 7 nitrogen and oxygen atoms in total. The Morgan fingerprint density at radius 1 is 1.07 bits per heavy atom. The van der Waals surface area contributed by atoms with E-state index in [2.05, 4.69) is 17.1 Å². The molecule has 0 saturated heterocycles. The number of nitrogens with one attached hydrogen (secondary N) is 1. The van der Waals surface area contributed by atoms with Gasteiger partial charge in [0.1, 0.15) is 5.82 Å². The van der Waals surface area contributed by atoms with E-state index in [-0.39, 0.29) is 17.0 Å². The molecule has 0 saturated carbocycles. The summed E-state index contributed by atoms with van der Waals surface area (Å²) in [6, 6.07) is 9.27. The van der Waals surface area contributed by atoms with E-state index >= 15 is 0 Å². The van der Waals surface area contributed by atoms with Crippen LogP contribution >= 0.6 is 0 Å². The molecule has 0 aliphatic rings. The van der Waals surface area contributed by atoms with Crippen LogP contribution in [0.4, 0.5) is 5.82 Å². The quantitative estimate of drug-likeness (QED) is 0.461. The largest absolute Gasteiger partial charge is 0.370 e. The second-order valence-electron chi connectivity index (χ2n) is 7.30. The maximum atomic E-state index is 12.0. The number of benzene rings is 1. The third kappa shape index (κ3) is 6.15. The smallest absolute Gasteiger partial charge is 0.332 e. The first-order valence-electron chi connectivity index (χ1n) is 10.2. The average molecular weight is 401 g/mol. The second kappa shape index (κ2) is 10.8. The Morgan fingerprint density at radius 2 is 1.79 bits per heavy atom. The molecule has 0 fully saturated rings. The minimum Gasteiger partial charge on any atom is -0.370 e. The molecule has 0 bridgehead atoms. The maximum absolute atomic E-state index is 12.0. The molecular weight excluding hydrogens is 368 g/mol. The van der Waals surface area contributed by atoms with E-state index < -0.39 is 0 Å². The highest BCUT2D eigenvalue weighted by Crippen LogP contribution is 2.13. The lowest BCUT2D eigenvalue weighted by molar-refractivity contribution is 0.101. The van der Waals surface area contributed by atoms with Gasteiger partial charge in [-0.25, -0.2) is 4.79 Å². The van der Waals surface area contributed by atoms with Gasteiger partial charge in [-0.1, -0.05) is 31.2 Å². The number of carbonyl (C=O) groups excluding carboxylic acids is 1. The minimum absolute atomic E-state index is 0.118. The van der Waals surface area contributed by atoms with Crippen molar-refractivity contribution in [3.8, 4) is 0 Å². The highest BCUT2D eigenvalue weighted by atomic mass is 16.2. The fraction of sp³-hybridized carbons (Fsp3) is 0.500. The number of aryl methyl sites for hydroxylation is 1. The van der Waals surface area contributed by atoms with E-state index in [0.29, 0.717) is 12.4 Å². The normalized spacial score (nSPS) is 11.1. The number of hydrogen-bond acceptors (Lipinski definition) is 5. The fourth-order valence-electron chi connectivity index (χ4n) is 3.41. The monoisotopic (exact) mass is 400 g/mol. The van der Waals surface area contributed by atoms with Gasteiger partial charge in [-0.3, -0.25) is 18.7 Å². The summed E-state index contributed by atoms with van der Waals surface area (Å²) in [6.07, 6.45) is 2.98. The second-order valence-corrected chi connectivity index (χ2v) is 7.30. The summed E-state index contributed by atoms with van der Waals surface area (Å²) in [5.41, 5.74) is 1.30. The molecule has 0 radical (unpaired) electrons. The first kappa shape index (κ1) is 22.6. The molecule has 1 aromatic heterocycles. The molecule has 29 heavy (non-hydrogen) atoms. The van der Waals surface area contributed by atoms with Crippen molar-refractivity contribution >= 4 is 11.6 Å². The molecule has 2 aromatic rings. The number of likely N-dealkylation sites (N-methyl/N-ethyl adjacent to an activating group) is 1. The van der Waals surface area contributed by atoms with Crippen LogP contribution < -0.4 is 16.6 Å². The molecule has 1 N–H and O–H groups in total. The van der Waals surface area contributed by atoms with Crippen molar-refractivity contribution in [3.05, 3.63) is 62.3 Å². The van der Waals surface area contributed by atoms with Crippen LogP contribution in [-0.2, 0) is 20.5 Å². The molecule has 0 aliphatic carbocycles. The summed E-state index contributed by atoms with van der Waals surface area (Å²) < 4.78 is 2.54. The first-order valence-corrected chi connectivity index (χ1v) is 10.2. The summed E-state index contributed by atoms with van der Waals surface area (Å²) in [5, 5.41) is 3.19. The van der Waals surface area contributed by atoms with Crippen molar-refractivity contribution in [1.82, 2.24) is 14.0 Å². The Morgan fingerprint density at radius 3 is 2.48 bits per heavy atom. The summed E-state index contributed by atoms with van der Waals surface area (Å²) in [7, 11) is 3.13. The van der Waals surface area contributed by atoms with Gasteiger partial charge in [0.2, 0.25) is 0 Å². The van der Waals surface area contributed by atoms with E-state index in [9.17, 15) is 14.4 Å². The van der Waals surface area contributed by atoms with Gasteiger partial charge >= 0.3 is 5.69 Å². The van der Waals surface area contributed by atoms with Crippen molar-refractivity contribution in [3.63, 3.8) is 0 Å². The molecule has 0 atom stereocenters. The number of aromatic nitrogens is 2.